The molecule has 0 aliphatic carbocycles. The Morgan fingerprint density at radius 2 is 1.23 bits per heavy atom. The summed E-state index contributed by atoms with van der Waals surface area (Å²) < 4.78 is 17.2. The van der Waals surface area contributed by atoms with E-state index in [9.17, 15) is 4.79 Å². The number of carbonyl (C=O) groups excluding carboxylic acids is 1. The number of rotatable bonds is 5. The van der Waals surface area contributed by atoms with Gasteiger partial charge in [-0.3, -0.25) is 4.79 Å². The molecule has 1 heterocycles. The predicted octanol–water partition coefficient (Wildman–Crippen LogP) is 4.38. The minimum Gasteiger partial charge on any atom is -0.489 e. The Balaban J connectivity index is 1.60. The molecule has 5 heteroatoms. The summed E-state index contributed by atoms with van der Waals surface area (Å²) in [6, 6.07) is 25.8. The van der Waals surface area contributed by atoms with Crippen molar-refractivity contribution in [2.75, 3.05) is 0 Å². The number of fused-ring (bicyclic) bond motifs is 1. The van der Waals surface area contributed by atoms with Gasteiger partial charge in [-0.15, -0.1) is 0 Å². The third kappa shape index (κ3) is 3.47. The first-order valence-corrected chi connectivity index (χ1v) is 8.25. The van der Waals surface area contributed by atoms with E-state index in [1.54, 1.807) is 24.3 Å². The minimum absolute atomic E-state index is 0.153. The van der Waals surface area contributed by atoms with Crippen molar-refractivity contribution >= 4 is 18.9 Å². The van der Waals surface area contributed by atoms with Crippen molar-refractivity contribution < 1.29 is 18.8 Å². The van der Waals surface area contributed by atoms with Gasteiger partial charge in [-0.25, -0.2) is 0 Å². The van der Waals surface area contributed by atoms with E-state index in [0.29, 0.717) is 22.8 Å². The Morgan fingerprint density at radius 1 is 0.731 bits per heavy atom. The van der Waals surface area contributed by atoms with Crippen molar-refractivity contribution in [2.24, 2.45) is 0 Å². The molecule has 0 saturated carbocycles. The summed E-state index contributed by atoms with van der Waals surface area (Å²) in [4.78, 5) is 12.6. The molecule has 0 unspecified atom stereocenters. The van der Waals surface area contributed by atoms with E-state index < -0.39 is 7.32 Å². The van der Waals surface area contributed by atoms with E-state index in [4.69, 9.17) is 14.0 Å². The molecular formula is C21H15BO4. The summed E-state index contributed by atoms with van der Waals surface area (Å²) in [5, 5.41) is 0. The summed E-state index contributed by atoms with van der Waals surface area (Å²) >= 11 is 0. The molecule has 4 rings (SSSR count). The first-order valence-electron chi connectivity index (χ1n) is 8.25. The molecule has 0 saturated heterocycles. The van der Waals surface area contributed by atoms with Gasteiger partial charge in [0.25, 0.3) is 0 Å². The average molecular weight is 342 g/mol. The largest absolute Gasteiger partial charge is 0.864 e. The smallest absolute Gasteiger partial charge is 0.489 e. The molecule has 0 N–H and O–H groups in total. The molecule has 126 valence electrons. The Morgan fingerprint density at radius 3 is 1.81 bits per heavy atom. The lowest BCUT2D eigenvalue weighted by Crippen LogP contribution is -2.28. The van der Waals surface area contributed by atoms with Crippen molar-refractivity contribution in [3.05, 3.63) is 102 Å². The Bertz CT molecular complexity index is 913. The van der Waals surface area contributed by atoms with Crippen LogP contribution in [-0.2, 0) is 4.65 Å². The summed E-state index contributed by atoms with van der Waals surface area (Å²) in [6.07, 6.45) is 1.46. The predicted molar refractivity (Wildman–Crippen MR) is 99.7 cm³/mol. The number of ketones is 1. The molecule has 3 aromatic carbocycles. The molecule has 0 fully saturated rings. The Kier molecular flexibility index (Phi) is 4.43. The summed E-state index contributed by atoms with van der Waals surface area (Å²) in [5.41, 5.74) is 1.35. The second-order valence-electron chi connectivity index (χ2n) is 5.69. The van der Waals surface area contributed by atoms with Crippen molar-refractivity contribution in [3.8, 4) is 11.5 Å². The van der Waals surface area contributed by atoms with Crippen LogP contribution in [0.5, 0.6) is 11.5 Å². The second kappa shape index (κ2) is 7.19. The number of hydrogen-bond acceptors (Lipinski definition) is 4. The number of benzene rings is 3. The number of para-hydroxylation sites is 2. The fraction of sp³-hybridized carbons (Fsp3) is 0. The Hall–Kier alpha value is -3.47. The number of hydrogen-bond donors (Lipinski definition) is 0. The van der Waals surface area contributed by atoms with Gasteiger partial charge in [0.15, 0.2) is 5.78 Å². The fourth-order valence-electron chi connectivity index (χ4n) is 2.62. The highest BCUT2D eigenvalue weighted by Crippen LogP contribution is 2.34. The third-order valence-electron chi connectivity index (χ3n) is 3.90. The van der Waals surface area contributed by atoms with Crippen LogP contribution in [0.4, 0.5) is 0 Å². The van der Waals surface area contributed by atoms with E-state index in [1.165, 1.54) is 6.08 Å². The normalized spacial score (nSPS) is 12.8. The molecule has 0 amide bonds. The van der Waals surface area contributed by atoms with E-state index in [2.05, 4.69) is 0 Å². The third-order valence-corrected chi connectivity index (χ3v) is 3.90. The zero-order valence-corrected chi connectivity index (χ0v) is 13.9. The number of allylic oxidation sites excluding steroid dienone is 1. The fourth-order valence-corrected chi connectivity index (χ4v) is 2.62. The van der Waals surface area contributed by atoms with Gasteiger partial charge in [-0.2, -0.15) is 0 Å². The highest BCUT2D eigenvalue weighted by molar-refractivity contribution is 6.41. The van der Waals surface area contributed by atoms with Crippen molar-refractivity contribution in [3.63, 3.8) is 0 Å². The van der Waals surface area contributed by atoms with Gasteiger partial charge in [0, 0.05) is 17.2 Å². The first kappa shape index (κ1) is 16.0. The average Bonchev–Trinajstić information content (AvgIpc) is 3.11. The lowest BCUT2D eigenvalue weighted by atomic mass is 10.1. The van der Waals surface area contributed by atoms with Gasteiger partial charge in [0.1, 0.15) is 17.3 Å². The van der Waals surface area contributed by atoms with Crippen LogP contribution < -0.4 is 9.31 Å². The van der Waals surface area contributed by atoms with Gasteiger partial charge in [-0.05, 0) is 12.1 Å². The topological polar surface area (TPSA) is 44.8 Å². The van der Waals surface area contributed by atoms with E-state index in [-0.39, 0.29) is 5.78 Å². The SMILES string of the molecule is O=C(/C=C(\OB1Oc2ccccc2O1)c1ccccc1)c1ccccc1. The van der Waals surface area contributed by atoms with Crippen molar-refractivity contribution in [1.29, 1.82) is 0 Å². The number of carbonyl (C=O) groups is 1. The lowest BCUT2D eigenvalue weighted by molar-refractivity contribution is 0.104. The monoisotopic (exact) mass is 342 g/mol. The highest BCUT2D eigenvalue weighted by atomic mass is 16.8. The van der Waals surface area contributed by atoms with E-state index >= 15 is 0 Å². The molecular weight excluding hydrogens is 327 g/mol. The van der Waals surface area contributed by atoms with Gasteiger partial charge >= 0.3 is 7.32 Å². The Labute approximate surface area is 151 Å². The second-order valence-corrected chi connectivity index (χ2v) is 5.69. The molecule has 4 nitrogen and oxygen atoms in total. The van der Waals surface area contributed by atoms with Crippen molar-refractivity contribution in [2.45, 2.75) is 0 Å². The zero-order chi connectivity index (χ0) is 17.8. The summed E-state index contributed by atoms with van der Waals surface area (Å²) in [7, 11) is -0.942. The molecule has 1 aliphatic heterocycles. The molecule has 26 heavy (non-hydrogen) atoms. The quantitative estimate of drug-likeness (QED) is 0.299. The molecule has 0 spiro atoms. The van der Waals surface area contributed by atoms with Crippen LogP contribution in [0.2, 0.25) is 0 Å². The molecule has 0 aromatic heterocycles. The molecule has 0 atom stereocenters. The van der Waals surface area contributed by atoms with E-state index in [1.807, 2.05) is 60.7 Å². The summed E-state index contributed by atoms with van der Waals surface area (Å²) in [6.45, 7) is 0. The molecule has 0 bridgehead atoms. The molecule has 3 aromatic rings. The zero-order valence-electron chi connectivity index (χ0n) is 13.9. The maximum Gasteiger partial charge on any atom is 0.864 e. The van der Waals surface area contributed by atoms with Crippen LogP contribution in [0.15, 0.2) is 91.0 Å². The van der Waals surface area contributed by atoms with Gasteiger partial charge in [-0.1, -0.05) is 72.8 Å². The van der Waals surface area contributed by atoms with Gasteiger partial charge in [0.05, 0.1) is 0 Å². The van der Waals surface area contributed by atoms with Crippen LogP contribution in [0.25, 0.3) is 5.76 Å². The molecule has 1 aliphatic rings. The first-order chi connectivity index (χ1) is 12.8. The van der Waals surface area contributed by atoms with Crippen molar-refractivity contribution in [1.82, 2.24) is 0 Å². The van der Waals surface area contributed by atoms with Crippen LogP contribution >= 0.6 is 0 Å². The standard InChI is InChI=1S/C21H15BO4/c23-18(16-9-3-1-4-10-16)15-21(17-11-5-2-6-12-17)26-22-24-19-13-7-8-14-20(19)25-22/h1-15H/b21-15-. The van der Waals surface area contributed by atoms with Gasteiger partial charge in [0.2, 0.25) is 0 Å². The van der Waals surface area contributed by atoms with Crippen LogP contribution in [0, 0.1) is 0 Å². The highest BCUT2D eigenvalue weighted by Gasteiger charge is 2.38. The summed E-state index contributed by atoms with van der Waals surface area (Å²) in [5.74, 6) is 1.45. The van der Waals surface area contributed by atoms with Crippen LogP contribution in [-0.4, -0.2) is 13.1 Å². The van der Waals surface area contributed by atoms with Crippen LogP contribution in [0.1, 0.15) is 15.9 Å². The van der Waals surface area contributed by atoms with Gasteiger partial charge < -0.3 is 14.0 Å². The maximum atomic E-state index is 12.6. The van der Waals surface area contributed by atoms with Crippen LogP contribution in [0.3, 0.4) is 0 Å². The molecule has 0 radical (unpaired) electrons. The van der Waals surface area contributed by atoms with E-state index in [0.717, 1.165) is 5.56 Å². The minimum atomic E-state index is -0.942. The maximum absolute atomic E-state index is 12.6. The lowest BCUT2D eigenvalue weighted by Gasteiger charge is -2.12.